The summed E-state index contributed by atoms with van der Waals surface area (Å²) < 4.78 is 3.25. The van der Waals surface area contributed by atoms with E-state index in [1.54, 1.807) is 0 Å². The predicted octanol–water partition coefficient (Wildman–Crippen LogP) is 1.56. The van der Waals surface area contributed by atoms with E-state index >= 15 is 0 Å². The van der Waals surface area contributed by atoms with E-state index in [4.69, 9.17) is 10.8 Å². The molecule has 2 heterocycles. The van der Waals surface area contributed by atoms with Gasteiger partial charge in [0.15, 0.2) is 0 Å². The second-order valence-electron chi connectivity index (χ2n) is 4.52. The van der Waals surface area contributed by atoms with Crippen LogP contribution < -0.4 is 5.73 Å². The SMILES string of the molecule is Nc1ncnc2c1c(I)cn2C1CC(CO)C1. The van der Waals surface area contributed by atoms with E-state index in [0.29, 0.717) is 17.8 Å². The predicted molar refractivity (Wildman–Crippen MR) is 73.5 cm³/mol. The van der Waals surface area contributed by atoms with Crippen LogP contribution in [0.4, 0.5) is 5.82 Å². The fourth-order valence-electron chi connectivity index (χ4n) is 2.42. The van der Waals surface area contributed by atoms with Gasteiger partial charge < -0.3 is 15.4 Å². The van der Waals surface area contributed by atoms with Crippen LogP contribution in [0.1, 0.15) is 18.9 Å². The molecular formula is C11H13IN4O. The maximum Gasteiger partial charge on any atom is 0.146 e. The van der Waals surface area contributed by atoms with Crippen molar-refractivity contribution in [2.75, 3.05) is 12.3 Å². The molecule has 0 bridgehead atoms. The largest absolute Gasteiger partial charge is 0.396 e. The molecule has 3 rings (SSSR count). The van der Waals surface area contributed by atoms with E-state index in [2.05, 4.69) is 43.3 Å². The van der Waals surface area contributed by atoms with Crippen molar-refractivity contribution in [2.45, 2.75) is 18.9 Å². The van der Waals surface area contributed by atoms with E-state index in [1.807, 2.05) is 0 Å². The Morgan fingerprint density at radius 1 is 1.47 bits per heavy atom. The van der Waals surface area contributed by atoms with Crippen LogP contribution in [0.25, 0.3) is 11.0 Å². The van der Waals surface area contributed by atoms with Crippen LogP contribution in [0.15, 0.2) is 12.5 Å². The van der Waals surface area contributed by atoms with Crippen LogP contribution in [0.2, 0.25) is 0 Å². The number of halogens is 1. The number of hydrogen-bond acceptors (Lipinski definition) is 4. The lowest BCUT2D eigenvalue weighted by atomic mass is 9.81. The Balaban J connectivity index is 2.04. The molecule has 5 nitrogen and oxygen atoms in total. The first-order valence-electron chi connectivity index (χ1n) is 5.58. The third-order valence-corrected chi connectivity index (χ3v) is 4.27. The highest BCUT2D eigenvalue weighted by atomic mass is 127. The van der Waals surface area contributed by atoms with Crippen molar-refractivity contribution in [1.29, 1.82) is 0 Å². The molecule has 3 N–H and O–H groups in total. The van der Waals surface area contributed by atoms with Crippen LogP contribution in [-0.4, -0.2) is 26.2 Å². The van der Waals surface area contributed by atoms with Gasteiger partial charge in [-0.25, -0.2) is 9.97 Å². The molecule has 1 aliphatic rings. The summed E-state index contributed by atoms with van der Waals surface area (Å²) in [7, 11) is 0. The van der Waals surface area contributed by atoms with Crippen molar-refractivity contribution in [3.63, 3.8) is 0 Å². The van der Waals surface area contributed by atoms with Crippen LogP contribution in [0, 0.1) is 9.49 Å². The summed E-state index contributed by atoms with van der Waals surface area (Å²) in [4.78, 5) is 8.35. The van der Waals surface area contributed by atoms with Crippen molar-refractivity contribution in [1.82, 2.24) is 14.5 Å². The Morgan fingerprint density at radius 2 is 2.24 bits per heavy atom. The highest BCUT2D eigenvalue weighted by molar-refractivity contribution is 14.1. The first-order valence-corrected chi connectivity index (χ1v) is 6.66. The van der Waals surface area contributed by atoms with Gasteiger partial charge in [0.1, 0.15) is 17.8 Å². The molecule has 6 heteroatoms. The Morgan fingerprint density at radius 3 is 2.94 bits per heavy atom. The maximum absolute atomic E-state index is 9.06. The number of nitrogens with zero attached hydrogens (tertiary/aromatic N) is 3. The molecule has 1 fully saturated rings. The summed E-state index contributed by atoms with van der Waals surface area (Å²) in [6, 6.07) is 0.437. The normalized spacial score (nSPS) is 23.9. The maximum atomic E-state index is 9.06. The lowest BCUT2D eigenvalue weighted by molar-refractivity contribution is 0.114. The third kappa shape index (κ3) is 1.70. The zero-order valence-corrected chi connectivity index (χ0v) is 11.3. The summed E-state index contributed by atoms with van der Waals surface area (Å²) in [6.07, 6.45) is 5.61. The average molecular weight is 344 g/mol. The van der Waals surface area contributed by atoms with E-state index < -0.39 is 0 Å². The molecule has 2 aromatic heterocycles. The molecule has 0 saturated heterocycles. The molecule has 1 aliphatic carbocycles. The van der Waals surface area contributed by atoms with Gasteiger partial charge in [-0.05, 0) is 41.4 Å². The fourth-order valence-corrected chi connectivity index (χ4v) is 3.23. The quantitative estimate of drug-likeness (QED) is 0.811. The molecule has 0 aromatic carbocycles. The van der Waals surface area contributed by atoms with Crippen LogP contribution >= 0.6 is 22.6 Å². The Hall–Kier alpha value is -0.890. The van der Waals surface area contributed by atoms with Gasteiger partial charge in [-0.3, -0.25) is 0 Å². The van der Waals surface area contributed by atoms with Crippen molar-refractivity contribution >= 4 is 39.4 Å². The Bertz CT molecular complexity index is 562. The summed E-state index contributed by atoms with van der Waals surface area (Å²) in [5.74, 6) is 0.977. The summed E-state index contributed by atoms with van der Waals surface area (Å²) in [5, 5.41) is 10.0. The molecule has 0 atom stereocenters. The molecule has 0 amide bonds. The smallest absolute Gasteiger partial charge is 0.146 e. The minimum Gasteiger partial charge on any atom is -0.396 e. The molecule has 0 spiro atoms. The average Bonchev–Trinajstić information content (AvgIpc) is 2.56. The number of anilines is 1. The van der Waals surface area contributed by atoms with E-state index in [1.165, 1.54) is 6.33 Å². The van der Waals surface area contributed by atoms with Gasteiger partial charge in [-0.15, -0.1) is 0 Å². The Kier molecular flexibility index (Phi) is 2.70. The van der Waals surface area contributed by atoms with Gasteiger partial charge >= 0.3 is 0 Å². The molecule has 17 heavy (non-hydrogen) atoms. The van der Waals surface area contributed by atoms with Crippen molar-refractivity contribution < 1.29 is 5.11 Å². The molecule has 0 aliphatic heterocycles. The first kappa shape index (κ1) is 11.2. The number of aromatic nitrogens is 3. The highest BCUT2D eigenvalue weighted by Gasteiger charge is 2.31. The third-order valence-electron chi connectivity index (χ3n) is 3.45. The first-order chi connectivity index (χ1) is 8.20. The topological polar surface area (TPSA) is 77.0 Å². The van der Waals surface area contributed by atoms with Gasteiger partial charge in [-0.2, -0.15) is 0 Å². The van der Waals surface area contributed by atoms with Gasteiger partial charge in [0, 0.05) is 22.4 Å². The summed E-state index contributed by atoms with van der Waals surface area (Å²) in [5.41, 5.74) is 6.78. The molecule has 2 aromatic rings. The monoisotopic (exact) mass is 344 g/mol. The zero-order valence-electron chi connectivity index (χ0n) is 9.17. The molecular weight excluding hydrogens is 331 g/mol. The van der Waals surface area contributed by atoms with Crippen LogP contribution in [-0.2, 0) is 0 Å². The van der Waals surface area contributed by atoms with Gasteiger partial charge in [0.05, 0.1) is 5.39 Å². The molecule has 1 saturated carbocycles. The van der Waals surface area contributed by atoms with Crippen LogP contribution in [0.3, 0.4) is 0 Å². The molecule has 0 radical (unpaired) electrons. The minimum atomic E-state index is 0.282. The van der Waals surface area contributed by atoms with E-state index in [0.717, 1.165) is 27.4 Å². The summed E-state index contributed by atoms with van der Waals surface area (Å²) in [6.45, 7) is 0.282. The van der Waals surface area contributed by atoms with Crippen molar-refractivity contribution in [3.05, 3.63) is 16.1 Å². The Labute approximate surface area is 112 Å². The number of aliphatic hydroxyl groups excluding tert-OH is 1. The fraction of sp³-hybridized carbons (Fsp3) is 0.455. The molecule has 90 valence electrons. The van der Waals surface area contributed by atoms with Gasteiger partial charge in [0.2, 0.25) is 0 Å². The number of rotatable bonds is 2. The number of fused-ring (bicyclic) bond motifs is 1. The number of hydrogen-bond donors (Lipinski definition) is 2. The number of nitrogens with two attached hydrogens (primary N) is 1. The van der Waals surface area contributed by atoms with E-state index in [-0.39, 0.29) is 6.61 Å². The van der Waals surface area contributed by atoms with Crippen molar-refractivity contribution in [2.24, 2.45) is 5.92 Å². The minimum absolute atomic E-state index is 0.282. The second-order valence-corrected chi connectivity index (χ2v) is 5.68. The van der Waals surface area contributed by atoms with Gasteiger partial charge in [-0.1, -0.05) is 0 Å². The molecule has 0 unspecified atom stereocenters. The second kappa shape index (κ2) is 4.09. The lowest BCUT2D eigenvalue weighted by Gasteiger charge is -2.35. The van der Waals surface area contributed by atoms with Crippen molar-refractivity contribution in [3.8, 4) is 0 Å². The standard InChI is InChI=1S/C11H13IN4O/c12-8-3-16(7-1-6(2-7)4-17)11-9(8)10(13)14-5-15-11/h3,5-7,17H,1-2,4H2,(H2,13,14,15). The van der Waals surface area contributed by atoms with Gasteiger partial charge in [0.25, 0.3) is 0 Å². The number of aliphatic hydroxyl groups is 1. The van der Waals surface area contributed by atoms with Crippen LogP contribution in [0.5, 0.6) is 0 Å². The van der Waals surface area contributed by atoms with E-state index in [9.17, 15) is 0 Å². The zero-order chi connectivity index (χ0) is 12.0. The highest BCUT2D eigenvalue weighted by Crippen LogP contribution is 2.40. The lowest BCUT2D eigenvalue weighted by Crippen LogP contribution is -2.28. The summed E-state index contributed by atoms with van der Waals surface area (Å²) >= 11 is 2.26. The number of nitrogen functional groups attached to an aromatic ring is 1.